The second kappa shape index (κ2) is 13.5. The summed E-state index contributed by atoms with van der Waals surface area (Å²) in [5.41, 5.74) is 0.146. The summed E-state index contributed by atoms with van der Waals surface area (Å²) in [6, 6.07) is 10.9. The number of nitrogens with one attached hydrogen (secondary N) is 1. The first-order valence-electron chi connectivity index (χ1n) is 13.3. The molecule has 15 heteroatoms. The molecule has 1 atom stereocenters. The van der Waals surface area contributed by atoms with Gasteiger partial charge in [-0.1, -0.05) is 0 Å². The van der Waals surface area contributed by atoms with Crippen LogP contribution in [0.25, 0.3) is 0 Å². The van der Waals surface area contributed by atoms with Gasteiger partial charge in [-0.3, -0.25) is 0 Å². The molecule has 0 spiro atoms. The van der Waals surface area contributed by atoms with Crippen LogP contribution in [-0.2, 0) is 33.7 Å². The van der Waals surface area contributed by atoms with E-state index in [1.165, 1.54) is 0 Å². The third-order valence-corrected chi connectivity index (χ3v) is 16.0. The Morgan fingerprint density at radius 3 is 1.84 bits per heavy atom. The van der Waals surface area contributed by atoms with Crippen molar-refractivity contribution in [2.45, 2.75) is 67.1 Å². The molecule has 0 saturated heterocycles. The van der Waals surface area contributed by atoms with Gasteiger partial charge in [-0.05, 0) is 0 Å². The van der Waals surface area contributed by atoms with Crippen molar-refractivity contribution in [2.75, 3.05) is 5.75 Å². The van der Waals surface area contributed by atoms with Gasteiger partial charge in [0.15, 0.2) is 0 Å². The molecule has 3 rings (SSSR count). The van der Waals surface area contributed by atoms with E-state index in [0.29, 0.717) is 16.0 Å². The standard InChI is InChI=1S/C30H33AsClNO9S3/c1-29(2,3)21-14-19(15-22(26(21)35)30(4,5)6)43-16-25(34)31-44(39,40)24-13-18(9-12-23(24)32)27(36)33-45(41,42)20-10-7-17(8-11-20)28(37)38/h7-15,31,35H,16H2,1-6H3,(H,33,36)(H,37,38). The van der Waals surface area contributed by atoms with Crippen LogP contribution in [0.3, 0.4) is 0 Å². The summed E-state index contributed by atoms with van der Waals surface area (Å²) >= 11 is 4.97. The number of rotatable bonds is 10. The predicted molar refractivity (Wildman–Crippen MR) is 175 cm³/mol. The van der Waals surface area contributed by atoms with Crippen LogP contribution >= 0.6 is 23.4 Å². The summed E-state index contributed by atoms with van der Waals surface area (Å²) < 4.78 is 53.2. The van der Waals surface area contributed by atoms with Gasteiger partial charge in [0.25, 0.3) is 0 Å². The first-order chi connectivity index (χ1) is 20.5. The molecule has 1 amide bonds. The molecule has 0 heterocycles. The second-order valence-electron chi connectivity index (χ2n) is 12.1. The number of benzene rings is 3. The number of aromatic carboxylic acids is 1. The van der Waals surface area contributed by atoms with Crippen molar-refractivity contribution < 1.29 is 41.4 Å². The summed E-state index contributed by atoms with van der Waals surface area (Å²) in [5.74, 6) is -2.37. The van der Waals surface area contributed by atoms with Gasteiger partial charge in [0.1, 0.15) is 0 Å². The molecule has 0 aromatic heterocycles. The summed E-state index contributed by atoms with van der Waals surface area (Å²) in [4.78, 5) is 36.6. The molecule has 0 aliphatic rings. The van der Waals surface area contributed by atoms with E-state index in [9.17, 15) is 36.3 Å². The number of halogens is 1. The first kappa shape index (κ1) is 36.6. The van der Waals surface area contributed by atoms with Crippen LogP contribution in [0, 0.1) is 0 Å². The fourth-order valence-electron chi connectivity index (χ4n) is 4.09. The number of phenolic OH excluding ortho intramolecular Hbond substituents is 1. The quantitative estimate of drug-likeness (QED) is 0.191. The summed E-state index contributed by atoms with van der Waals surface area (Å²) in [6.07, 6.45) is 0. The van der Waals surface area contributed by atoms with Crippen molar-refractivity contribution in [1.82, 2.24) is 4.72 Å². The Morgan fingerprint density at radius 1 is 0.844 bits per heavy atom. The molecule has 10 nitrogen and oxygen atoms in total. The number of carboxylic acids is 1. The number of carbonyl (C=O) groups excluding carboxylic acids is 2. The van der Waals surface area contributed by atoms with Gasteiger partial charge in [0, 0.05) is 0 Å². The van der Waals surface area contributed by atoms with Crippen molar-refractivity contribution in [3.8, 4) is 5.75 Å². The van der Waals surface area contributed by atoms with Crippen molar-refractivity contribution in [3.63, 3.8) is 0 Å². The zero-order valence-electron chi connectivity index (χ0n) is 25.3. The van der Waals surface area contributed by atoms with Crippen LogP contribution in [0.1, 0.15) is 73.4 Å². The van der Waals surface area contributed by atoms with E-state index >= 15 is 0 Å². The third-order valence-electron chi connectivity index (χ3n) is 6.44. The second-order valence-corrected chi connectivity index (χ2v) is 22.7. The molecule has 45 heavy (non-hydrogen) atoms. The van der Waals surface area contributed by atoms with E-state index in [0.717, 1.165) is 54.2 Å². The fraction of sp³-hybridized carbons (Fsp3) is 0.300. The van der Waals surface area contributed by atoms with E-state index in [4.69, 9.17) is 16.7 Å². The van der Waals surface area contributed by atoms with Crippen molar-refractivity contribution in [3.05, 3.63) is 81.9 Å². The van der Waals surface area contributed by atoms with E-state index in [-0.39, 0.29) is 43.4 Å². The topological polar surface area (TPSA) is 172 Å². The Morgan fingerprint density at radius 2 is 1.36 bits per heavy atom. The number of hydrogen-bond donors (Lipinski definition) is 3. The first-order valence-corrected chi connectivity index (χ1v) is 21.2. The van der Waals surface area contributed by atoms with Crippen LogP contribution in [0.4, 0.5) is 0 Å². The molecule has 0 fully saturated rings. The number of phenols is 1. The third kappa shape index (κ3) is 9.13. The van der Waals surface area contributed by atoms with Crippen molar-refractivity contribution >= 4 is 72.5 Å². The van der Waals surface area contributed by atoms with Crippen LogP contribution in [0.2, 0.25) is 5.02 Å². The fourth-order valence-corrected chi connectivity index (χ4v) is 13.0. The number of carbonyl (C=O) groups is 3. The van der Waals surface area contributed by atoms with Gasteiger partial charge in [0.05, 0.1) is 0 Å². The molecule has 0 aliphatic heterocycles. The molecule has 3 N–H and O–H groups in total. The normalized spacial score (nSPS) is 12.8. The zero-order valence-corrected chi connectivity index (χ0v) is 30.6. The molecule has 0 aliphatic carbocycles. The number of thioether (sulfide) groups is 1. The van der Waals surface area contributed by atoms with E-state index in [2.05, 4.69) is 0 Å². The maximum absolute atomic E-state index is 13.3. The van der Waals surface area contributed by atoms with Crippen molar-refractivity contribution in [2.24, 2.45) is 0 Å². The van der Waals surface area contributed by atoms with Gasteiger partial charge >= 0.3 is 269 Å². The monoisotopic (exact) mass is 757 g/mol. The number of amides is 1. The number of sulfonamides is 1. The van der Waals surface area contributed by atoms with Crippen LogP contribution in [0.15, 0.2) is 69.3 Å². The van der Waals surface area contributed by atoms with E-state index in [1.807, 2.05) is 46.3 Å². The Labute approximate surface area is 277 Å². The Bertz CT molecular complexity index is 1840. The van der Waals surface area contributed by atoms with Crippen LogP contribution < -0.4 is 4.72 Å². The number of aromatic hydroxyl groups is 1. The molecule has 3 aromatic carbocycles. The summed E-state index contributed by atoms with van der Waals surface area (Å²) in [6.45, 7) is 11.7. The molecule has 242 valence electrons. The van der Waals surface area contributed by atoms with Gasteiger partial charge in [-0.15, -0.1) is 0 Å². The minimum atomic E-state index is -4.43. The molecule has 3 aromatic rings. The Balaban J connectivity index is 1.79. The van der Waals surface area contributed by atoms with Crippen molar-refractivity contribution in [1.29, 1.82) is 0 Å². The average molecular weight is 758 g/mol. The molecular formula is C30H33AsClNO9S3. The van der Waals surface area contributed by atoms with Gasteiger partial charge in [-0.2, -0.15) is 0 Å². The number of hydrogen-bond acceptors (Lipinski definition) is 9. The molecule has 1 unspecified atom stereocenters. The van der Waals surface area contributed by atoms with Gasteiger partial charge < -0.3 is 5.11 Å². The van der Waals surface area contributed by atoms with E-state index < -0.39 is 54.1 Å². The Kier molecular flexibility index (Phi) is 11.0. The Hall–Kier alpha value is -2.83. The van der Waals surface area contributed by atoms with Crippen LogP contribution in [0.5, 0.6) is 5.75 Å². The van der Waals surface area contributed by atoms with Crippen LogP contribution in [-0.4, -0.2) is 63.8 Å². The minimum absolute atomic E-state index is 0.145. The average Bonchev–Trinajstić information content (AvgIpc) is 2.90. The number of carboxylic acid groups (broad SMARTS) is 1. The molecular weight excluding hydrogens is 725 g/mol. The predicted octanol–water partition coefficient (Wildman–Crippen LogP) is 4.90. The summed E-state index contributed by atoms with van der Waals surface area (Å²) in [7, 11) is -8.65. The molecule has 0 bridgehead atoms. The van der Waals surface area contributed by atoms with E-state index in [1.54, 1.807) is 12.1 Å². The molecule has 0 radical (unpaired) electrons. The van der Waals surface area contributed by atoms with Gasteiger partial charge in [0.2, 0.25) is 0 Å². The van der Waals surface area contributed by atoms with Gasteiger partial charge in [-0.25, -0.2) is 4.79 Å². The SMILES string of the molecule is CC(C)(C)c1cc(SCC(=O)[AsH]S(=O)(=O)c2cc(C(=O)NS(=O)(=O)c3ccc(C(=O)O)cc3)ccc2Cl)cc(C(C)(C)C)c1O. The molecule has 0 saturated carbocycles. The zero-order chi connectivity index (χ0) is 34.1. The maximum atomic E-state index is 13.3. The summed E-state index contributed by atoms with van der Waals surface area (Å²) in [5, 5.41) is 19.7.